The number of amides is 1. The summed E-state index contributed by atoms with van der Waals surface area (Å²) in [4.78, 5) is 12.2. The SMILES string of the molecule is Cc1ccc([C@H](C)NC(=O)COc2ccc(C(C)(C)C)cc2Br)cc1C. The van der Waals surface area contributed by atoms with Crippen molar-refractivity contribution in [2.45, 2.75) is 53.0 Å². The van der Waals surface area contributed by atoms with Gasteiger partial charge in [0.2, 0.25) is 0 Å². The van der Waals surface area contributed by atoms with Gasteiger partial charge in [0.25, 0.3) is 5.91 Å². The van der Waals surface area contributed by atoms with E-state index in [0.29, 0.717) is 5.75 Å². The largest absolute Gasteiger partial charge is 0.483 e. The first-order chi connectivity index (χ1) is 12.1. The van der Waals surface area contributed by atoms with E-state index in [1.807, 2.05) is 25.1 Å². The van der Waals surface area contributed by atoms with Crippen LogP contribution in [0.5, 0.6) is 5.75 Å². The van der Waals surface area contributed by atoms with E-state index in [1.54, 1.807) is 0 Å². The van der Waals surface area contributed by atoms with Gasteiger partial charge in [0.15, 0.2) is 6.61 Å². The van der Waals surface area contributed by atoms with E-state index in [4.69, 9.17) is 4.74 Å². The lowest BCUT2D eigenvalue weighted by molar-refractivity contribution is -0.123. The first kappa shape index (κ1) is 20.5. The van der Waals surface area contributed by atoms with Crippen LogP contribution >= 0.6 is 15.9 Å². The summed E-state index contributed by atoms with van der Waals surface area (Å²) in [6.07, 6.45) is 0. The van der Waals surface area contributed by atoms with Gasteiger partial charge in [-0.05, 0) is 76.5 Å². The van der Waals surface area contributed by atoms with Crippen molar-refractivity contribution in [2.24, 2.45) is 0 Å². The summed E-state index contributed by atoms with van der Waals surface area (Å²) in [5.74, 6) is 0.537. The van der Waals surface area contributed by atoms with E-state index in [0.717, 1.165) is 10.0 Å². The Labute approximate surface area is 165 Å². The fourth-order valence-electron chi connectivity index (χ4n) is 2.63. The second-order valence-corrected chi connectivity index (χ2v) is 8.67. The molecule has 0 aromatic heterocycles. The van der Waals surface area contributed by atoms with E-state index in [9.17, 15) is 4.79 Å². The molecular weight excluding hydrogens is 390 g/mol. The predicted molar refractivity (Wildman–Crippen MR) is 111 cm³/mol. The molecule has 0 radical (unpaired) electrons. The zero-order valence-corrected chi connectivity index (χ0v) is 18.0. The van der Waals surface area contributed by atoms with E-state index < -0.39 is 0 Å². The van der Waals surface area contributed by atoms with Gasteiger partial charge in [-0.25, -0.2) is 0 Å². The summed E-state index contributed by atoms with van der Waals surface area (Å²) < 4.78 is 6.55. The highest BCUT2D eigenvalue weighted by Crippen LogP contribution is 2.31. The topological polar surface area (TPSA) is 38.3 Å². The third-order valence-electron chi connectivity index (χ3n) is 4.57. The van der Waals surface area contributed by atoms with Crippen LogP contribution in [0, 0.1) is 13.8 Å². The van der Waals surface area contributed by atoms with Crippen LogP contribution in [0.3, 0.4) is 0 Å². The minimum absolute atomic E-state index is 0.0113. The lowest BCUT2D eigenvalue weighted by Crippen LogP contribution is -2.31. The first-order valence-electron chi connectivity index (χ1n) is 8.87. The zero-order valence-electron chi connectivity index (χ0n) is 16.4. The maximum absolute atomic E-state index is 12.2. The number of rotatable bonds is 5. The standard InChI is InChI=1S/C22H28BrNO2/c1-14-7-8-17(11-15(14)2)16(3)24-21(25)13-26-20-10-9-18(12-19(20)23)22(4,5)6/h7-12,16H,13H2,1-6H3,(H,24,25)/t16-/m0/s1. The zero-order chi connectivity index (χ0) is 19.5. The van der Waals surface area contributed by atoms with Gasteiger partial charge in [0.1, 0.15) is 5.75 Å². The van der Waals surface area contributed by atoms with Gasteiger partial charge in [-0.15, -0.1) is 0 Å². The van der Waals surface area contributed by atoms with Crippen LogP contribution < -0.4 is 10.1 Å². The predicted octanol–water partition coefficient (Wildman–Crippen LogP) is 5.62. The van der Waals surface area contributed by atoms with Crippen LogP contribution in [0.2, 0.25) is 0 Å². The molecule has 3 nitrogen and oxygen atoms in total. The molecule has 0 spiro atoms. The lowest BCUT2D eigenvalue weighted by Gasteiger charge is -2.20. The highest BCUT2D eigenvalue weighted by Gasteiger charge is 2.16. The molecule has 2 aromatic rings. The Morgan fingerprint density at radius 1 is 1.12 bits per heavy atom. The molecule has 0 aliphatic rings. The quantitative estimate of drug-likeness (QED) is 0.685. The van der Waals surface area contributed by atoms with Gasteiger partial charge >= 0.3 is 0 Å². The van der Waals surface area contributed by atoms with Crippen molar-refractivity contribution < 1.29 is 9.53 Å². The fourth-order valence-corrected chi connectivity index (χ4v) is 3.12. The van der Waals surface area contributed by atoms with Crippen LogP contribution in [0.15, 0.2) is 40.9 Å². The van der Waals surface area contributed by atoms with Crippen LogP contribution in [-0.4, -0.2) is 12.5 Å². The van der Waals surface area contributed by atoms with Crippen molar-refractivity contribution in [2.75, 3.05) is 6.61 Å². The van der Waals surface area contributed by atoms with Crippen LogP contribution in [0.1, 0.15) is 56.0 Å². The lowest BCUT2D eigenvalue weighted by atomic mass is 9.87. The molecule has 0 aliphatic carbocycles. The monoisotopic (exact) mass is 417 g/mol. The maximum atomic E-state index is 12.2. The van der Waals surface area contributed by atoms with Crippen molar-refractivity contribution in [1.29, 1.82) is 0 Å². The summed E-state index contributed by atoms with van der Waals surface area (Å²) in [6.45, 7) is 12.6. The summed E-state index contributed by atoms with van der Waals surface area (Å²) in [7, 11) is 0. The molecule has 0 bridgehead atoms. The molecule has 140 valence electrons. The molecule has 0 heterocycles. The smallest absolute Gasteiger partial charge is 0.258 e. The van der Waals surface area contributed by atoms with Crippen molar-refractivity contribution in [1.82, 2.24) is 5.32 Å². The number of hydrogen-bond acceptors (Lipinski definition) is 2. The number of benzene rings is 2. The van der Waals surface area contributed by atoms with Gasteiger partial charge in [-0.2, -0.15) is 0 Å². The third-order valence-corrected chi connectivity index (χ3v) is 5.18. The number of halogens is 1. The molecule has 0 saturated heterocycles. The summed E-state index contributed by atoms with van der Waals surface area (Å²) >= 11 is 3.54. The third kappa shape index (κ3) is 5.34. The van der Waals surface area contributed by atoms with Crippen molar-refractivity contribution >= 4 is 21.8 Å². The van der Waals surface area contributed by atoms with E-state index in [2.05, 4.69) is 74.1 Å². The number of carbonyl (C=O) groups is 1. The number of hydrogen-bond donors (Lipinski definition) is 1. The van der Waals surface area contributed by atoms with Crippen LogP contribution in [0.4, 0.5) is 0 Å². The van der Waals surface area contributed by atoms with Crippen LogP contribution in [0.25, 0.3) is 0 Å². The number of carbonyl (C=O) groups excluding carboxylic acids is 1. The molecule has 4 heteroatoms. The van der Waals surface area contributed by atoms with Gasteiger partial charge < -0.3 is 10.1 Å². The van der Waals surface area contributed by atoms with E-state index >= 15 is 0 Å². The molecule has 26 heavy (non-hydrogen) atoms. The van der Waals surface area contributed by atoms with Gasteiger partial charge in [0, 0.05) is 0 Å². The maximum Gasteiger partial charge on any atom is 0.258 e. The molecular formula is C22H28BrNO2. The van der Waals surface area contributed by atoms with Crippen LogP contribution in [-0.2, 0) is 10.2 Å². The second-order valence-electron chi connectivity index (χ2n) is 7.82. The van der Waals surface area contributed by atoms with E-state index in [-0.39, 0.29) is 24.0 Å². The highest BCUT2D eigenvalue weighted by atomic mass is 79.9. The number of nitrogens with one attached hydrogen (secondary N) is 1. The van der Waals surface area contributed by atoms with Gasteiger partial charge in [-0.3, -0.25) is 4.79 Å². The molecule has 0 saturated carbocycles. The second kappa shape index (κ2) is 8.26. The average Bonchev–Trinajstić information content (AvgIpc) is 2.55. The van der Waals surface area contributed by atoms with Gasteiger partial charge in [-0.1, -0.05) is 45.0 Å². The minimum Gasteiger partial charge on any atom is -0.483 e. The fraction of sp³-hybridized carbons (Fsp3) is 0.409. The Morgan fingerprint density at radius 3 is 2.38 bits per heavy atom. The molecule has 2 rings (SSSR count). The summed E-state index contributed by atoms with van der Waals surface area (Å²) in [5, 5.41) is 2.99. The highest BCUT2D eigenvalue weighted by molar-refractivity contribution is 9.10. The molecule has 0 fully saturated rings. The molecule has 1 atom stereocenters. The Bertz CT molecular complexity index is 793. The molecule has 2 aromatic carbocycles. The molecule has 0 unspecified atom stereocenters. The number of aryl methyl sites for hydroxylation is 2. The minimum atomic E-state index is -0.137. The molecule has 1 N–H and O–H groups in total. The normalized spacial score (nSPS) is 12.6. The summed E-state index contributed by atoms with van der Waals surface area (Å²) in [5.41, 5.74) is 4.85. The Morgan fingerprint density at radius 2 is 1.81 bits per heavy atom. The van der Waals surface area contributed by atoms with E-state index in [1.165, 1.54) is 16.7 Å². The van der Waals surface area contributed by atoms with Crippen molar-refractivity contribution in [3.8, 4) is 5.75 Å². The number of ether oxygens (including phenoxy) is 1. The van der Waals surface area contributed by atoms with Crippen molar-refractivity contribution in [3.63, 3.8) is 0 Å². The molecule has 1 amide bonds. The Balaban J connectivity index is 1.95. The average molecular weight is 418 g/mol. The molecule has 0 aliphatic heterocycles. The summed E-state index contributed by atoms with van der Waals surface area (Å²) in [6, 6.07) is 12.2. The van der Waals surface area contributed by atoms with Gasteiger partial charge in [0.05, 0.1) is 10.5 Å². The Hall–Kier alpha value is -1.81. The van der Waals surface area contributed by atoms with Crippen molar-refractivity contribution in [3.05, 3.63) is 63.1 Å². The Kier molecular flexibility index (Phi) is 6.51. The first-order valence-corrected chi connectivity index (χ1v) is 9.66.